The second-order valence-corrected chi connectivity index (χ2v) is 3.80. The second kappa shape index (κ2) is 5.25. The van der Waals surface area contributed by atoms with Gasteiger partial charge < -0.3 is 5.32 Å². The third kappa shape index (κ3) is 3.34. The molecule has 0 saturated carbocycles. The van der Waals surface area contributed by atoms with E-state index < -0.39 is 4.92 Å². The van der Waals surface area contributed by atoms with Crippen LogP contribution >= 0.6 is 0 Å². The van der Waals surface area contributed by atoms with Crippen LogP contribution in [-0.2, 0) is 11.3 Å². The molecule has 1 amide bonds. The van der Waals surface area contributed by atoms with Gasteiger partial charge in [0.1, 0.15) is 0 Å². The summed E-state index contributed by atoms with van der Waals surface area (Å²) in [6.45, 7) is 3.91. The topological polar surface area (TPSA) is 72.2 Å². The van der Waals surface area contributed by atoms with Gasteiger partial charge in [0, 0.05) is 24.6 Å². The number of hydrogen-bond donors (Lipinski definition) is 1. The minimum absolute atomic E-state index is 0.0382. The Morgan fingerprint density at radius 3 is 2.75 bits per heavy atom. The van der Waals surface area contributed by atoms with E-state index in [0.29, 0.717) is 6.54 Å². The zero-order valence-electron chi connectivity index (χ0n) is 9.27. The standard InChI is InChI=1S/C11H14N2O3/c1-8(2)11(14)12-7-9-4-3-5-10(6-9)13(15)16/h3-6,8H,7H2,1-2H3,(H,12,14). The van der Waals surface area contributed by atoms with Crippen LogP contribution in [0.2, 0.25) is 0 Å². The molecule has 5 heteroatoms. The van der Waals surface area contributed by atoms with Crippen LogP contribution in [0.3, 0.4) is 0 Å². The Labute approximate surface area is 93.6 Å². The molecule has 0 saturated heterocycles. The fourth-order valence-corrected chi connectivity index (χ4v) is 1.17. The minimum atomic E-state index is -0.451. The van der Waals surface area contributed by atoms with E-state index in [1.54, 1.807) is 26.0 Å². The van der Waals surface area contributed by atoms with Gasteiger partial charge in [0.15, 0.2) is 0 Å². The fraction of sp³-hybridized carbons (Fsp3) is 0.364. The summed E-state index contributed by atoms with van der Waals surface area (Å²) in [5, 5.41) is 13.2. The molecule has 0 aliphatic rings. The number of benzene rings is 1. The van der Waals surface area contributed by atoms with Crippen molar-refractivity contribution in [2.45, 2.75) is 20.4 Å². The fourth-order valence-electron chi connectivity index (χ4n) is 1.17. The van der Waals surface area contributed by atoms with Gasteiger partial charge in [0.25, 0.3) is 5.69 Å². The van der Waals surface area contributed by atoms with Crippen LogP contribution in [0.1, 0.15) is 19.4 Å². The molecule has 1 aromatic carbocycles. The van der Waals surface area contributed by atoms with E-state index in [1.165, 1.54) is 12.1 Å². The summed E-state index contributed by atoms with van der Waals surface area (Å²) in [6, 6.07) is 6.23. The summed E-state index contributed by atoms with van der Waals surface area (Å²) in [4.78, 5) is 21.4. The van der Waals surface area contributed by atoms with Crippen molar-refractivity contribution in [2.75, 3.05) is 0 Å². The monoisotopic (exact) mass is 222 g/mol. The summed E-state index contributed by atoms with van der Waals surface area (Å²) < 4.78 is 0. The lowest BCUT2D eigenvalue weighted by molar-refractivity contribution is -0.384. The van der Waals surface area contributed by atoms with E-state index in [1.807, 2.05) is 0 Å². The van der Waals surface area contributed by atoms with Crippen molar-refractivity contribution in [2.24, 2.45) is 5.92 Å². The van der Waals surface area contributed by atoms with E-state index in [2.05, 4.69) is 5.32 Å². The van der Waals surface area contributed by atoms with Gasteiger partial charge in [-0.3, -0.25) is 14.9 Å². The summed E-state index contributed by atoms with van der Waals surface area (Å²) in [5.74, 6) is -0.148. The number of amides is 1. The molecule has 0 heterocycles. The van der Waals surface area contributed by atoms with Crippen LogP contribution in [0.4, 0.5) is 5.69 Å². The highest BCUT2D eigenvalue weighted by molar-refractivity contribution is 5.77. The number of carbonyl (C=O) groups excluding carboxylic acids is 1. The van der Waals surface area contributed by atoms with Crippen LogP contribution in [-0.4, -0.2) is 10.8 Å². The van der Waals surface area contributed by atoms with Crippen molar-refractivity contribution < 1.29 is 9.72 Å². The van der Waals surface area contributed by atoms with Gasteiger partial charge in [-0.05, 0) is 5.56 Å². The largest absolute Gasteiger partial charge is 0.352 e. The van der Waals surface area contributed by atoms with E-state index in [9.17, 15) is 14.9 Å². The van der Waals surface area contributed by atoms with Crippen molar-refractivity contribution in [3.63, 3.8) is 0 Å². The quantitative estimate of drug-likeness (QED) is 0.624. The molecule has 1 aromatic rings. The van der Waals surface area contributed by atoms with Crippen LogP contribution in [0.15, 0.2) is 24.3 Å². The van der Waals surface area contributed by atoms with Gasteiger partial charge in [-0.25, -0.2) is 0 Å². The summed E-state index contributed by atoms with van der Waals surface area (Å²) >= 11 is 0. The zero-order valence-corrected chi connectivity index (χ0v) is 9.27. The lowest BCUT2D eigenvalue weighted by Gasteiger charge is -2.07. The molecule has 1 rings (SSSR count). The number of rotatable bonds is 4. The van der Waals surface area contributed by atoms with Crippen LogP contribution in [0, 0.1) is 16.0 Å². The van der Waals surface area contributed by atoms with Crippen molar-refractivity contribution in [1.82, 2.24) is 5.32 Å². The van der Waals surface area contributed by atoms with E-state index in [0.717, 1.165) is 5.56 Å². The number of hydrogen-bond acceptors (Lipinski definition) is 3. The maximum Gasteiger partial charge on any atom is 0.269 e. The Morgan fingerprint density at radius 1 is 1.50 bits per heavy atom. The van der Waals surface area contributed by atoms with E-state index in [-0.39, 0.29) is 17.5 Å². The number of nitro groups is 1. The van der Waals surface area contributed by atoms with Crippen molar-refractivity contribution in [3.05, 3.63) is 39.9 Å². The third-order valence-electron chi connectivity index (χ3n) is 2.11. The van der Waals surface area contributed by atoms with Crippen LogP contribution in [0.25, 0.3) is 0 Å². The highest BCUT2D eigenvalue weighted by atomic mass is 16.6. The SMILES string of the molecule is CC(C)C(=O)NCc1cccc([N+](=O)[O-])c1. The molecule has 0 aliphatic carbocycles. The first-order chi connectivity index (χ1) is 7.50. The molecule has 0 unspecified atom stereocenters. The molecule has 0 fully saturated rings. The predicted octanol–water partition coefficient (Wildman–Crippen LogP) is 1.87. The molecule has 0 spiro atoms. The molecule has 1 N–H and O–H groups in total. The van der Waals surface area contributed by atoms with Gasteiger partial charge in [-0.1, -0.05) is 26.0 Å². The summed E-state index contributed by atoms with van der Waals surface area (Å²) in [7, 11) is 0. The van der Waals surface area contributed by atoms with Gasteiger partial charge in [-0.2, -0.15) is 0 Å². The summed E-state index contributed by atoms with van der Waals surface area (Å²) in [6.07, 6.45) is 0. The highest BCUT2D eigenvalue weighted by Crippen LogP contribution is 2.12. The molecule has 0 aromatic heterocycles. The van der Waals surface area contributed by atoms with E-state index in [4.69, 9.17) is 0 Å². The van der Waals surface area contributed by atoms with Gasteiger partial charge >= 0.3 is 0 Å². The Kier molecular flexibility index (Phi) is 3.99. The molecular weight excluding hydrogens is 208 g/mol. The lowest BCUT2D eigenvalue weighted by atomic mass is 10.1. The number of non-ortho nitro benzene ring substituents is 1. The maximum atomic E-state index is 11.3. The van der Waals surface area contributed by atoms with Gasteiger partial charge in [0.2, 0.25) is 5.91 Å². The lowest BCUT2D eigenvalue weighted by Crippen LogP contribution is -2.27. The Balaban J connectivity index is 2.64. The Bertz CT molecular complexity index is 402. The zero-order chi connectivity index (χ0) is 12.1. The number of carbonyl (C=O) groups is 1. The molecule has 0 radical (unpaired) electrons. The molecule has 0 atom stereocenters. The van der Waals surface area contributed by atoms with Crippen molar-refractivity contribution in [3.8, 4) is 0 Å². The average molecular weight is 222 g/mol. The normalized spacial score (nSPS) is 10.2. The molecule has 0 bridgehead atoms. The van der Waals surface area contributed by atoms with Crippen LogP contribution < -0.4 is 5.32 Å². The predicted molar refractivity (Wildman–Crippen MR) is 59.8 cm³/mol. The maximum absolute atomic E-state index is 11.3. The molecule has 86 valence electrons. The van der Waals surface area contributed by atoms with Crippen LogP contribution in [0.5, 0.6) is 0 Å². The molecule has 0 aliphatic heterocycles. The van der Waals surface area contributed by atoms with E-state index >= 15 is 0 Å². The Hall–Kier alpha value is -1.91. The first-order valence-electron chi connectivity index (χ1n) is 5.01. The number of nitrogens with one attached hydrogen (secondary N) is 1. The average Bonchev–Trinajstić information content (AvgIpc) is 2.26. The smallest absolute Gasteiger partial charge is 0.269 e. The number of nitro benzene ring substituents is 1. The third-order valence-corrected chi connectivity index (χ3v) is 2.11. The first-order valence-corrected chi connectivity index (χ1v) is 5.01. The Morgan fingerprint density at radius 2 is 2.19 bits per heavy atom. The van der Waals surface area contributed by atoms with Crippen molar-refractivity contribution >= 4 is 11.6 Å². The van der Waals surface area contributed by atoms with Crippen molar-refractivity contribution in [1.29, 1.82) is 0 Å². The van der Waals surface area contributed by atoms with Gasteiger partial charge in [0.05, 0.1) is 4.92 Å². The summed E-state index contributed by atoms with van der Waals surface area (Å²) in [5.41, 5.74) is 0.763. The minimum Gasteiger partial charge on any atom is -0.352 e. The molecule has 5 nitrogen and oxygen atoms in total. The first kappa shape index (κ1) is 12.2. The highest BCUT2D eigenvalue weighted by Gasteiger charge is 2.08. The number of nitrogens with zero attached hydrogens (tertiary/aromatic N) is 1. The van der Waals surface area contributed by atoms with Gasteiger partial charge in [-0.15, -0.1) is 0 Å². The second-order valence-electron chi connectivity index (χ2n) is 3.80. The molecule has 16 heavy (non-hydrogen) atoms. The molecular formula is C11H14N2O3.